The number of hydrogen-bond donors (Lipinski definition) is 2. The smallest absolute Gasteiger partial charge is 0.417 e. The largest absolute Gasteiger partial charge is 0.424 e. The normalized spacial score (nSPS) is 11.2. The lowest BCUT2D eigenvalue weighted by Gasteiger charge is -2.15. The number of halogens is 4. The van der Waals surface area contributed by atoms with Gasteiger partial charge in [-0.15, -0.1) is 0 Å². The van der Waals surface area contributed by atoms with Crippen molar-refractivity contribution in [1.82, 2.24) is 15.0 Å². The van der Waals surface area contributed by atoms with Crippen LogP contribution in [-0.2, 0) is 6.18 Å². The highest BCUT2D eigenvalue weighted by Crippen LogP contribution is 2.35. The van der Waals surface area contributed by atoms with Gasteiger partial charge in [0.25, 0.3) is 0 Å². The molecule has 0 fully saturated rings. The molecule has 0 aliphatic carbocycles. The van der Waals surface area contributed by atoms with Gasteiger partial charge in [-0.05, 0) is 61.4 Å². The number of rotatable bonds is 5. The third-order valence-electron chi connectivity index (χ3n) is 5.15. The molecule has 7 nitrogen and oxygen atoms in total. The monoisotopic (exact) mass is 557 g/mol. The molecule has 0 radical (unpaired) electrons. The van der Waals surface area contributed by atoms with Crippen LogP contribution >= 0.6 is 15.9 Å². The summed E-state index contributed by atoms with van der Waals surface area (Å²) in [6, 6.07) is 12.5. The van der Waals surface area contributed by atoms with Crippen molar-refractivity contribution in [2.45, 2.75) is 20.0 Å². The van der Waals surface area contributed by atoms with Crippen LogP contribution in [0, 0.1) is 13.8 Å². The lowest BCUT2D eigenvalue weighted by atomic mass is 10.0. The van der Waals surface area contributed by atoms with Crippen LogP contribution in [0.15, 0.2) is 71.6 Å². The lowest BCUT2D eigenvalue weighted by Crippen LogP contribution is -2.21. The fourth-order valence-corrected chi connectivity index (χ4v) is 3.42. The minimum Gasteiger partial charge on any atom is -0.424 e. The maximum atomic E-state index is 13.3. The van der Waals surface area contributed by atoms with Gasteiger partial charge in [-0.2, -0.15) is 13.2 Å². The van der Waals surface area contributed by atoms with Gasteiger partial charge in [0.2, 0.25) is 0 Å². The number of benzene rings is 2. The summed E-state index contributed by atoms with van der Waals surface area (Å²) >= 11 is 3.33. The van der Waals surface area contributed by atoms with Crippen molar-refractivity contribution in [3.8, 4) is 23.0 Å². The summed E-state index contributed by atoms with van der Waals surface area (Å²) in [5.74, 6) is 0.521. The third-order valence-corrected chi connectivity index (χ3v) is 5.68. The number of carbonyl (C=O) groups excluding carboxylic acids is 1. The number of aryl methyl sites for hydroxylation is 2. The highest BCUT2D eigenvalue weighted by molar-refractivity contribution is 9.10. The molecule has 4 rings (SSSR count). The number of carbonyl (C=O) groups is 1. The third kappa shape index (κ3) is 6.16. The number of nitrogens with one attached hydrogen (secondary N) is 2. The summed E-state index contributed by atoms with van der Waals surface area (Å²) in [5, 5.41) is 4.96. The number of pyridine rings is 1. The Kier molecular flexibility index (Phi) is 7.20. The van der Waals surface area contributed by atoms with E-state index in [9.17, 15) is 18.0 Å². The van der Waals surface area contributed by atoms with Gasteiger partial charge < -0.3 is 15.4 Å². The first-order valence-corrected chi connectivity index (χ1v) is 11.4. The molecule has 2 N–H and O–H groups in total. The van der Waals surface area contributed by atoms with E-state index in [2.05, 4.69) is 41.5 Å². The molecule has 2 heterocycles. The van der Waals surface area contributed by atoms with Crippen LogP contribution in [-0.4, -0.2) is 21.0 Å². The number of nitrogens with zero attached hydrogens (tertiary/aromatic N) is 3. The molecule has 0 saturated carbocycles. The molecule has 4 aromatic rings. The Bertz CT molecular complexity index is 1390. The highest BCUT2D eigenvalue weighted by Gasteiger charge is 2.32. The zero-order valence-electron chi connectivity index (χ0n) is 19.0. The molecule has 0 spiro atoms. The minimum atomic E-state index is -4.62. The molecule has 2 aromatic heterocycles. The van der Waals surface area contributed by atoms with Crippen LogP contribution in [0.1, 0.15) is 16.7 Å². The van der Waals surface area contributed by atoms with Crippen molar-refractivity contribution < 1.29 is 22.7 Å². The van der Waals surface area contributed by atoms with E-state index < -0.39 is 17.8 Å². The quantitative estimate of drug-likeness (QED) is 0.267. The van der Waals surface area contributed by atoms with E-state index in [4.69, 9.17) is 4.74 Å². The molecule has 11 heteroatoms. The standard InChI is InChI=1S/C25H19BrF3N5O2/c1-14-3-4-16(9-15(14)2)22-21(10-17(11-30-22)25(27,28)29)34-23(35)33-19-12-31-24(32-13-19)36-20-7-5-18(26)6-8-20/h3-13H,1-2H3,(H2,33,34,35). The van der Waals surface area contributed by atoms with Gasteiger partial charge in [-0.1, -0.05) is 28.1 Å². The van der Waals surface area contributed by atoms with Gasteiger partial charge in [0.05, 0.1) is 35.0 Å². The summed E-state index contributed by atoms with van der Waals surface area (Å²) in [6.07, 6.45) is -1.25. The van der Waals surface area contributed by atoms with E-state index in [-0.39, 0.29) is 23.1 Å². The number of aromatic nitrogens is 3. The predicted molar refractivity (Wildman–Crippen MR) is 133 cm³/mol. The van der Waals surface area contributed by atoms with Gasteiger partial charge >= 0.3 is 18.2 Å². The van der Waals surface area contributed by atoms with E-state index in [1.54, 1.807) is 36.4 Å². The van der Waals surface area contributed by atoms with Crippen molar-refractivity contribution in [2.75, 3.05) is 10.6 Å². The summed E-state index contributed by atoms with van der Waals surface area (Å²) in [4.78, 5) is 24.7. The molecule has 0 atom stereocenters. The van der Waals surface area contributed by atoms with Gasteiger partial charge in [0, 0.05) is 16.2 Å². The Morgan fingerprint density at radius 1 is 0.889 bits per heavy atom. The van der Waals surface area contributed by atoms with Crippen LogP contribution in [0.25, 0.3) is 11.3 Å². The number of anilines is 2. The molecular weight excluding hydrogens is 539 g/mol. The van der Waals surface area contributed by atoms with Crippen molar-refractivity contribution in [3.63, 3.8) is 0 Å². The summed E-state index contributed by atoms with van der Waals surface area (Å²) in [7, 11) is 0. The fraction of sp³-hybridized carbons (Fsp3) is 0.120. The SMILES string of the molecule is Cc1ccc(-c2ncc(C(F)(F)F)cc2NC(=O)Nc2cnc(Oc3ccc(Br)cc3)nc2)cc1C. The van der Waals surface area contributed by atoms with E-state index in [1.165, 1.54) is 12.4 Å². The van der Waals surface area contributed by atoms with Crippen LogP contribution in [0.5, 0.6) is 11.8 Å². The molecule has 0 aliphatic rings. The molecule has 36 heavy (non-hydrogen) atoms. The van der Waals surface area contributed by atoms with Crippen molar-refractivity contribution in [1.29, 1.82) is 0 Å². The molecule has 0 bridgehead atoms. The van der Waals surface area contributed by atoms with Crippen LogP contribution in [0.3, 0.4) is 0 Å². The van der Waals surface area contributed by atoms with Gasteiger partial charge in [0.15, 0.2) is 0 Å². The number of hydrogen-bond acceptors (Lipinski definition) is 5. The minimum absolute atomic E-state index is 0.0578. The Hall–Kier alpha value is -3.99. The van der Waals surface area contributed by atoms with Gasteiger partial charge in [-0.25, -0.2) is 14.8 Å². The first-order valence-electron chi connectivity index (χ1n) is 10.6. The average molecular weight is 558 g/mol. The van der Waals surface area contributed by atoms with E-state index in [1.807, 2.05) is 19.9 Å². The first kappa shape index (κ1) is 25.1. The topological polar surface area (TPSA) is 89.0 Å². The maximum Gasteiger partial charge on any atom is 0.417 e. The summed E-state index contributed by atoms with van der Waals surface area (Å²) in [6.45, 7) is 3.80. The molecule has 0 unspecified atom stereocenters. The Morgan fingerprint density at radius 2 is 1.58 bits per heavy atom. The van der Waals surface area contributed by atoms with Crippen molar-refractivity contribution in [2.24, 2.45) is 0 Å². The van der Waals surface area contributed by atoms with Crippen LogP contribution in [0.4, 0.5) is 29.3 Å². The summed E-state index contributed by atoms with van der Waals surface area (Å²) < 4.78 is 46.4. The number of alkyl halides is 3. The second-order valence-electron chi connectivity index (χ2n) is 7.81. The molecule has 0 saturated heterocycles. The maximum absolute atomic E-state index is 13.3. The van der Waals surface area contributed by atoms with Gasteiger partial charge in [-0.3, -0.25) is 4.98 Å². The van der Waals surface area contributed by atoms with E-state index in [0.29, 0.717) is 11.3 Å². The molecule has 2 aromatic carbocycles. The Labute approximate surface area is 212 Å². The molecule has 0 aliphatic heterocycles. The van der Waals surface area contributed by atoms with Crippen LogP contribution < -0.4 is 15.4 Å². The van der Waals surface area contributed by atoms with Crippen LogP contribution in [0.2, 0.25) is 0 Å². The Morgan fingerprint density at radius 3 is 2.22 bits per heavy atom. The van der Waals surface area contributed by atoms with E-state index >= 15 is 0 Å². The Balaban J connectivity index is 1.52. The predicted octanol–water partition coefficient (Wildman–Crippen LogP) is 7.37. The number of urea groups is 1. The van der Waals surface area contributed by atoms with Crippen molar-refractivity contribution in [3.05, 3.63) is 88.3 Å². The fourth-order valence-electron chi connectivity index (χ4n) is 3.16. The second kappa shape index (κ2) is 10.3. The molecule has 184 valence electrons. The number of ether oxygens (including phenoxy) is 1. The van der Waals surface area contributed by atoms with Crippen molar-refractivity contribution >= 4 is 33.3 Å². The zero-order chi connectivity index (χ0) is 25.9. The second-order valence-corrected chi connectivity index (χ2v) is 8.72. The zero-order valence-corrected chi connectivity index (χ0v) is 20.6. The van der Waals surface area contributed by atoms with E-state index in [0.717, 1.165) is 27.9 Å². The lowest BCUT2D eigenvalue weighted by molar-refractivity contribution is -0.137. The number of amides is 2. The highest BCUT2D eigenvalue weighted by atomic mass is 79.9. The summed E-state index contributed by atoms with van der Waals surface area (Å²) in [5.41, 5.74) is 1.86. The van der Waals surface area contributed by atoms with Gasteiger partial charge in [0.1, 0.15) is 5.75 Å². The molecular formula is C25H19BrF3N5O2. The first-order chi connectivity index (χ1) is 17.1. The average Bonchev–Trinajstić information content (AvgIpc) is 2.83. The molecule has 2 amide bonds.